The quantitative estimate of drug-likeness (QED) is 0.360. The number of nitrogens with one attached hydrogen (secondary N) is 2. The zero-order valence-electron chi connectivity index (χ0n) is 19.7. The Hall–Kier alpha value is -2.53. The number of ether oxygens (including phenoxy) is 1. The summed E-state index contributed by atoms with van der Waals surface area (Å²) < 4.78 is 32.5. The first kappa shape index (κ1) is 27.7. The van der Waals surface area contributed by atoms with Crippen molar-refractivity contribution < 1.29 is 17.9 Å². The first-order valence-electron chi connectivity index (χ1n) is 11.1. The monoisotopic (exact) mass is 509 g/mol. The van der Waals surface area contributed by atoms with Gasteiger partial charge in [-0.3, -0.25) is 4.79 Å². The molecule has 186 valence electrons. The van der Waals surface area contributed by atoms with Crippen LogP contribution in [0.1, 0.15) is 43.5 Å². The van der Waals surface area contributed by atoms with E-state index < -0.39 is 10.0 Å². The van der Waals surface area contributed by atoms with Gasteiger partial charge < -0.3 is 15.0 Å². The summed E-state index contributed by atoms with van der Waals surface area (Å²) in [6, 6.07) is 8.25. The minimum Gasteiger partial charge on any atom is -0.385 e. The first-order valence-corrected chi connectivity index (χ1v) is 12.6. The zero-order valence-corrected chi connectivity index (χ0v) is 21.3. The number of fused-ring (bicyclic) bond motifs is 1. The summed E-state index contributed by atoms with van der Waals surface area (Å²) in [5, 5.41) is 2.86. The van der Waals surface area contributed by atoms with Gasteiger partial charge in [0.25, 0.3) is 5.91 Å². The lowest BCUT2D eigenvalue weighted by Crippen LogP contribution is -2.32. The van der Waals surface area contributed by atoms with Gasteiger partial charge in [-0.2, -0.15) is 4.31 Å². The van der Waals surface area contributed by atoms with Crippen LogP contribution in [0.5, 0.6) is 0 Å². The zero-order chi connectivity index (χ0) is 23.8. The summed E-state index contributed by atoms with van der Waals surface area (Å²) in [4.78, 5) is 24.8. The van der Waals surface area contributed by atoms with E-state index in [0.29, 0.717) is 60.8 Å². The van der Waals surface area contributed by atoms with Gasteiger partial charge in [-0.05, 0) is 49.6 Å². The number of aromatic nitrogens is 3. The molecule has 0 atom stereocenters. The molecule has 1 aromatic carbocycles. The van der Waals surface area contributed by atoms with E-state index in [9.17, 15) is 13.2 Å². The molecule has 1 amide bonds. The third kappa shape index (κ3) is 6.32. The molecule has 3 rings (SSSR count). The van der Waals surface area contributed by atoms with E-state index in [-0.39, 0.29) is 23.2 Å². The van der Waals surface area contributed by atoms with Crippen LogP contribution in [0.3, 0.4) is 0 Å². The maximum atomic E-state index is 13.0. The Morgan fingerprint density at radius 2 is 1.79 bits per heavy atom. The highest BCUT2D eigenvalue weighted by Crippen LogP contribution is 2.24. The molecular weight excluding hydrogens is 478 g/mol. The molecule has 0 saturated heterocycles. The first-order chi connectivity index (χ1) is 15.9. The number of hydrogen-bond donors (Lipinski definition) is 2. The van der Waals surface area contributed by atoms with Crippen LogP contribution >= 0.6 is 12.4 Å². The van der Waals surface area contributed by atoms with Gasteiger partial charge in [-0.25, -0.2) is 18.4 Å². The van der Waals surface area contributed by atoms with Gasteiger partial charge in [0.05, 0.1) is 16.0 Å². The lowest BCUT2D eigenvalue weighted by Gasteiger charge is -2.21. The Morgan fingerprint density at radius 1 is 1.12 bits per heavy atom. The highest BCUT2D eigenvalue weighted by atomic mass is 35.5. The maximum Gasteiger partial charge on any atom is 0.253 e. The second-order valence-corrected chi connectivity index (χ2v) is 9.61. The number of carbonyl (C=O) groups is 1. The van der Waals surface area contributed by atoms with Crippen molar-refractivity contribution in [2.24, 2.45) is 0 Å². The van der Waals surface area contributed by atoms with Crippen molar-refractivity contribution in [3.05, 3.63) is 42.1 Å². The number of nitrogens with zero attached hydrogens (tertiary/aromatic N) is 3. The average Bonchev–Trinajstić information content (AvgIpc) is 3.26. The van der Waals surface area contributed by atoms with Crippen LogP contribution in [-0.4, -0.2) is 66.9 Å². The number of methoxy groups -OCH3 is 1. The molecule has 0 fully saturated rings. The average molecular weight is 510 g/mol. The number of aromatic amines is 1. The molecule has 11 heteroatoms. The molecule has 0 aliphatic heterocycles. The molecule has 0 aliphatic rings. The number of pyridine rings is 1. The van der Waals surface area contributed by atoms with Crippen molar-refractivity contribution in [3.63, 3.8) is 0 Å². The van der Waals surface area contributed by atoms with Crippen molar-refractivity contribution in [1.82, 2.24) is 24.6 Å². The van der Waals surface area contributed by atoms with E-state index in [2.05, 4.69) is 20.3 Å². The molecule has 0 radical (unpaired) electrons. The fraction of sp³-hybridized carbons (Fsp3) is 0.435. The highest BCUT2D eigenvalue weighted by Gasteiger charge is 2.23. The van der Waals surface area contributed by atoms with Gasteiger partial charge in [-0.15, -0.1) is 12.4 Å². The van der Waals surface area contributed by atoms with Crippen LogP contribution in [-0.2, 0) is 14.8 Å². The van der Waals surface area contributed by atoms with Gasteiger partial charge in [0.2, 0.25) is 10.0 Å². The molecule has 0 aliphatic carbocycles. The number of benzene rings is 1. The second-order valence-electron chi connectivity index (χ2n) is 7.67. The van der Waals surface area contributed by atoms with E-state index in [1.165, 1.54) is 4.31 Å². The van der Waals surface area contributed by atoms with Gasteiger partial charge in [0.1, 0.15) is 5.82 Å². The van der Waals surface area contributed by atoms with Crippen molar-refractivity contribution in [2.75, 3.05) is 33.4 Å². The molecule has 0 unspecified atom stereocenters. The number of halogens is 1. The van der Waals surface area contributed by atoms with E-state index >= 15 is 0 Å². The number of H-pyrrole nitrogens is 1. The molecule has 2 heterocycles. The SMILES string of the molecule is CCCN(CCC)S(=O)(=O)c1ccc(-c2nc3nccc(C(=O)NCCCOC)c3[nH]2)cc1.Cl. The van der Waals surface area contributed by atoms with Crippen LogP contribution in [0, 0.1) is 0 Å². The third-order valence-corrected chi connectivity index (χ3v) is 7.07. The minimum absolute atomic E-state index is 0. The van der Waals surface area contributed by atoms with Crippen molar-refractivity contribution in [1.29, 1.82) is 0 Å². The van der Waals surface area contributed by atoms with E-state index in [0.717, 1.165) is 12.8 Å². The molecule has 34 heavy (non-hydrogen) atoms. The molecule has 0 spiro atoms. The van der Waals surface area contributed by atoms with Crippen LogP contribution < -0.4 is 5.32 Å². The third-order valence-electron chi connectivity index (χ3n) is 5.16. The molecule has 3 aromatic rings. The van der Waals surface area contributed by atoms with Crippen molar-refractivity contribution >= 4 is 39.5 Å². The van der Waals surface area contributed by atoms with Crippen LogP contribution in [0.15, 0.2) is 41.4 Å². The molecule has 2 aromatic heterocycles. The number of sulfonamides is 1. The van der Waals surface area contributed by atoms with Crippen LogP contribution in [0.4, 0.5) is 0 Å². The van der Waals surface area contributed by atoms with Crippen LogP contribution in [0.2, 0.25) is 0 Å². The Labute approximate surface area is 206 Å². The summed E-state index contributed by atoms with van der Waals surface area (Å²) in [7, 11) is -1.93. The molecule has 0 bridgehead atoms. The van der Waals surface area contributed by atoms with Gasteiger partial charge in [0, 0.05) is 45.1 Å². The number of amides is 1. The highest BCUT2D eigenvalue weighted by molar-refractivity contribution is 7.89. The molecule has 0 saturated carbocycles. The smallest absolute Gasteiger partial charge is 0.253 e. The normalized spacial score (nSPS) is 11.5. The molecule has 9 nitrogen and oxygen atoms in total. The van der Waals surface area contributed by atoms with Gasteiger partial charge in [-0.1, -0.05) is 13.8 Å². The lowest BCUT2D eigenvalue weighted by atomic mass is 10.2. The summed E-state index contributed by atoms with van der Waals surface area (Å²) in [5.41, 5.74) is 2.11. The largest absolute Gasteiger partial charge is 0.385 e. The van der Waals surface area contributed by atoms with Crippen molar-refractivity contribution in [3.8, 4) is 11.4 Å². The van der Waals surface area contributed by atoms with Crippen molar-refractivity contribution in [2.45, 2.75) is 38.0 Å². The predicted octanol–water partition coefficient (Wildman–Crippen LogP) is 3.62. The van der Waals surface area contributed by atoms with E-state index in [1.54, 1.807) is 43.6 Å². The van der Waals surface area contributed by atoms with E-state index in [4.69, 9.17) is 4.74 Å². The second kappa shape index (κ2) is 12.8. The predicted molar refractivity (Wildman–Crippen MR) is 135 cm³/mol. The number of imidazole rings is 1. The number of hydrogen-bond acceptors (Lipinski definition) is 6. The number of rotatable bonds is 12. The topological polar surface area (TPSA) is 117 Å². The Kier molecular flexibility index (Phi) is 10.4. The Morgan fingerprint density at radius 3 is 2.41 bits per heavy atom. The maximum absolute atomic E-state index is 13.0. The summed E-state index contributed by atoms with van der Waals surface area (Å²) in [6.45, 7) is 5.98. The minimum atomic E-state index is -3.55. The Balaban J connectivity index is 0.00000408. The standard InChI is InChI=1S/C23H31N5O4S.ClH/c1-4-14-28(15-5-2)33(30,31)18-9-7-17(8-10-18)21-26-20-19(11-13-24-22(20)27-21)23(29)25-12-6-16-32-3;/h7-11,13H,4-6,12,14-16H2,1-3H3,(H,25,29)(H,24,26,27);1H. The summed E-state index contributed by atoms with van der Waals surface area (Å²) in [5.74, 6) is 0.294. The summed E-state index contributed by atoms with van der Waals surface area (Å²) >= 11 is 0. The van der Waals surface area contributed by atoms with Gasteiger partial charge >= 0.3 is 0 Å². The fourth-order valence-corrected chi connectivity index (χ4v) is 5.16. The van der Waals surface area contributed by atoms with Crippen LogP contribution in [0.25, 0.3) is 22.6 Å². The fourth-order valence-electron chi connectivity index (χ4n) is 3.54. The molecule has 2 N–H and O–H groups in total. The van der Waals surface area contributed by atoms with E-state index in [1.807, 2.05) is 13.8 Å². The van der Waals surface area contributed by atoms with Gasteiger partial charge in [0.15, 0.2) is 5.65 Å². The Bertz CT molecular complexity index is 1180. The molecular formula is C23H32ClN5O4S. The summed E-state index contributed by atoms with van der Waals surface area (Å²) in [6.07, 6.45) is 3.77. The number of carbonyl (C=O) groups excluding carboxylic acids is 1. The lowest BCUT2D eigenvalue weighted by molar-refractivity contribution is 0.0950.